The van der Waals surface area contributed by atoms with E-state index in [1.54, 1.807) is 7.05 Å². The number of hydrogen-bond acceptors (Lipinski definition) is 1. The van der Waals surface area contributed by atoms with Crippen molar-refractivity contribution >= 4 is 21.9 Å². The minimum atomic E-state index is -0.246. The molecule has 19 heavy (non-hydrogen) atoms. The Morgan fingerprint density at radius 2 is 2.00 bits per heavy atom. The lowest BCUT2D eigenvalue weighted by atomic mass is 10.1. The van der Waals surface area contributed by atoms with Gasteiger partial charge in [-0.25, -0.2) is 4.39 Å². The minimum absolute atomic E-state index is 0.246. The van der Waals surface area contributed by atoms with Gasteiger partial charge in [0.25, 0.3) is 0 Å². The van der Waals surface area contributed by atoms with E-state index >= 15 is 0 Å². The molecule has 0 amide bonds. The lowest BCUT2D eigenvalue weighted by Crippen LogP contribution is -2.43. The molecule has 1 aromatic carbocycles. The van der Waals surface area contributed by atoms with Crippen molar-refractivity contribution in [3.63, 3.8) is 0 Å². The first-order valence-electron chi connectivity index (χ1n) is 6.34. The SMILES string of the molecule is CN=C(NCc1cc(F)cc(Br)c1)NC(C)C(C)C. The highest BCUT2D eigenvalue weighted by Gasteiger charge is 2.09. The van der Waals surface area contributed by atoms with Gasteiger partial charge in [-0.1, -0.05) is 29.8 Å². The number of guanidine groups is 1. The summed E-state index contributed by atoms with van der Waals surface area (Å²) in [4.78, 5) is 4.16. The van der Waals surface area contributed by atoms with Crippen molar-refractivity contribution in [2.24, 2.45) is 10.9 Å². The lowest BCUT2D eigenvalue weighted by molar-refractivity contribution is 0.481. The van der Waals surface area contributed by atoms with Gasteiger partial charge in [0.2, 0.25) is 0 Å². The second kappa shape index (κ2) is 7.48. The fourth-order valence-electron chi connectivity index (χ4n) is 1.48. The summed E-state index contributed by atoms with van der Waals surface area (Å²) in [5, 5.41) is 6.48. The van der Waals surface area contributed by atoms with E-state index in [0.29, 0.717) is 18.5 Å². The van der Waals surface area contributed by atoms with Crippen LogP contribution in [0.2, 0.25) is 0 Å². The van der Waals surface area contributed by atoms with E-state index in [1.807, 2.05) is 6.07 Å². The quantitative estimate of drug-likeness (QED) is 0.656. The first-order chi connectivity index (χ1) is 8.92. The zero-order chi connectivity index (χ0) is 14.4. The largest absolute Gasteiger partial charge is 0.354 e. The summed E-state index contributed by atoms with van der Waals surface area (Å²) in [5.41, 5.74) is 0.868. The molecule has 1 rings (SSSR count). The third-order valence-electron chi connectivity index (χ3n) is 2.97. The molecule has 3 nitrogen and oxygen atoms in total. The van der Waals surface area contributed by atoms with Crippen LogP contribution in [0.15, 0.2) is 27.7 Å². The van der Waals surface area contributed by atoms with E-state index in [2.05, 4.69) is 52.3 Å². The van der Waals surface area contributed by atoms with Gasteiger partial charge in [-0.05, 0) is 36.6 Å². The van der Waals surface area contributed by atoms with E-state index < -0.39 is 0 Å². The normalized spacial score (nSPS) is 13.5. The predicted octanol–water partition coefficient (Wildman–Crippen LogP) is 3.30. The molecule has 1 atom stereocenters. The van der Waals surface area contributed by atoms with Crippen molar-refractivity contribution in [3.05, 3.63) is 34.1 Å². The topological polar surface area (TPSA) is 36.4 Å². The summed E-state index contributed by atoms with van der Waals surface area (Å²) in [5.74, 6) is 0.994. The molecule has 0 heterocycles. The van der Waals surface area contributed by atoms with Gasteiger partial charge < -0.3 is 10.6 Å². The van der Waals surface area contributed by atoms with Crippen LogP contribution in [0, 0.1) is 11.7 Å². The van der Waals surface area contributed by atoms with Crippen LogP contribution in [0.5, 0.6) is 0 Å². The molecule has 0 spiro atoms. The van der Waals surface area contributed by atoms with Gasteiger partial charge in [-0.15, -0.1) is 0 Å². The van der Waals surface area contributed by atoms with Gasteiger partial charge >= 0.3 is 0 Å². The molecule has 0 saturated heterocycles. The fraction of sp³-hybridized carbons (Fsp3) is 0.500. The molecular formula is C14H21BrFN3. The maximum Gasteiger partial charge on any atom is 0.191 e. The smallest absolute Gasteiger partial charge is 0.191 e. The van der Waals surface area contributed by atoms with Gasteiger partial charge in [0.15, 0.2) is 5.96 Å². The van der Waals surface area contributed by atoms with E-state index in [0.717, 1.165) is 16.0 Å². The van der Waals surface area contributed by atoms with Crippen molar-refractivity contribution in [1.82, 2.24) is 10.6 Å². The highest BCUT2D eigenvalue weighted by Crippen LogP contribution is 2.14. The number of halogens is 2. The van der Waals surface area contributed by atoms with Gasteiger partial charge in [0, 0.05) is 24.1 Å². The van der Waals surface area contributed by atoms with Gasteiger partial charge in [-0.3, -0.25) is 4.99 Å². The van der Waals surface area contributed by atoms with Crippen LogP contribution in [0.3, 0.4) is 0 Å². The molecule has 0 saturated carbocycles. The maximum atomic E-state index is 13.2. The Balaban J connectivity index is 2.58. The van der Waals surface area contributed by atoms with Crippen LogP contribution in [-0.4, -0.2) is 19.0 Å². The van der Waals surface area contributed by atoms with Crippen LogP contribution in [0.1, 0.15) is 26.3 Å². The van der Waals surface area contributed by atoms with Gasteiger partial charge in [-0.2, -0.15) is 0 Å². The van der Waals surface area contributed by atoms with E-state index in [-0.39, 0.29) is 5.82 Å². The number of aliphatic imine (C=N–C) groups is 1. The zero-order valence-corrected chi connectivity index (χ0v) is 13.4. The molecule has 0 aromatic heterocycles. The Morgan fingerprint density at radius 1 is 1.32 bits per heavy atom. The minimum Gasteiger partial charge on any atom is -0.354 e. The molecule has 1 unspecified atom stereocenters. The standard InChI is InChI=1S/C14H21BrFN3/c1-9(2)10(3)19-14(17-4)18-8-11-5-12(15)7-13(16)6-11/h5-7,9-10H,8H2,1-4H3,(H2,17,18,19). The fourth-order valence-corrected chi connectivity index (χ4v) is 1.99. The summed E-state index contributed by atoms with van der Waals surface area (Å²) < 4.78 is 14.0. The molecule has 106 valence electrons. The van der Waals surface area contributed by atoms with E-state index in [1.165, 1.54) is 12.1 Å². The zero-order valence-electron chi connectivity index (χ0n) is 11.8. The predicted molar refractivity (Wildman–Crippen MR) is 81.7 cm³/mol. The Labute approximate surface area is 122 Å². The second-order valence-corrected chi connectivity index (χ2v) is 5.80. The average Bonchev–Trinajstić information content (AvgIpc) is 2.32. The molecule has 5 heteroatoms. The summed E-state index contributed by atoms with van der Waals surface area (Å²) in [6.07, 6.45) is 0. The molecule has 0 aliphatic carbocycles. The molecule has 0 fully saturated rings. The second-order valence-electron chi connectivity index (χ2n) is 4.88. The lowest BCUT2D eigenvalue weighted by Gasteiger charge is -2.20. The van der Waals surface area contributed by atoms with Crippen molar-refractivity contribution in [1.29, 1.82) is 0 Å². The summed E-state index contributed by atoms with van der Waals surface area (Å²) in [6, 6.07) is 5.16. The number of rotatable bonds is 4. The molecule has 0 radical (unpaired) electrons. The van der Waals surface area contributed by atoms with Crippen molar-refractivity contribution in [2.45, 2.75) is 33.4 Å². The van der Waals surface area contributed by atoms with Crippen LogP contribution in [0.4, 0.5) is 4.39 Å². The third kappa shape index (κ3) is 5.59. The van der Waals surface area contributed by atoms with Crippen LogP contribution >= 0.6 is 15.9 Å². The van der Waals surface area contributed by atoms with Gasteiger partial charge in [0.05, 0.1) is 0 Å². The Morgan fingerprint density at radius 3 is 2.53 bits per heavy atom. The van der Waals surface area contributed by atoms with Crippen LogP contribution < -0.4 is 10.6 Å². The third-order valence-corrected chi connectivity index (χ3v) is 3.43. The van der Waals surface area contributed by atoms with Crippen molar-refractivity contribution in [3.8, 4) is 0 Å². The summed E-state index contributed by atoms with van der Waals surface area (Å²) in [6.45, 7) is 6.93. The van der Waals surface area contributed by atoms with E-state index in [4.69, 9.17) is 0 Å². The Bertz CT molecular complexity index is 426. The monoisotopic (exact) mass is 329 g/mol. The highest BCUT2D eigenvalue weighted by molar-refractivity contribution is 9.10. The number of hydrogen-bond donors (Lipinski definition) is 2. The highest BCUT2D eigenvalue weighted by atomic mass is 79.9. The molecule has 0 aliphatic heterocycles. The number of nitrogens with zero attached hydrogens (tertiary/aromatic N) is 1. The Kier molecular flexibility index (Phi) is 6.28. The first-order valence-corrected chi connectivity index (χ1v) is 7.14. The molecular weight excluding hydrogens is 309 g/mol. The number of benzene rings is 1. The molecule has 0 bridgehead atoms. The van der Waals surface area contributed by atoms with Crippen molar-refractivity contribution in [2.75, 3.05) is 7.05 Å². The van der Waals surface area contributed by atoms with Crippen LogP contribution in [0.25, 0.3) is 0 Å². The molecule has 1 aromatic rings. The first kappa shape index (κ1) is 16.0. The maximum absolute atomic E-state index is 13.2. The number of nitrogens with one attached hydrogen (secondary N) is 2. The molecule has 0 aliphatic rings. The average molecular weight is 330 g/mol. The van der Waals surface area contributed by atoms with E-state index in [9.17, 15) is 4.39 Å². The summed E-state index contributed by atoms with van der Waals surface area (Å²) in [7, 11) is 1.73. The van der Waals surface area contributed by atoms with Crippen molar-refractivity contribution < 1.29 is 4.39 Å². The Hall–Kier alpha value is -1.10. The van der Waals surface area contributed by atoms with Crippen LogP contribution in [-0.2, 0) is 6.54 Å². The summed E-state index contributed by atoms with van der Waals surface area (Å²) >= 11 is 3.28. The van der Waals surface area contributed by atoms with Gasteiger partial charge in [0.1, 0.15) is 5.82 Å². The molecule has 2 N–H and O–H groups in total.